The van der Waals surface area contributed by atoms with E-state index in [1.807, 2.05) is 0 Å². The van der Waals surface area contributed by atoms with Gasteiger partial charge in [0.25, 0.3) is 5.69 Å². The second-order valence-corrected chi connectivity index (χ2v) is 4.04. The zero-order chi connectivity index (χ0) is 16.7. The Balaban J connectivity index is 0.000000224. The van der Waals surface area contributed by atoms with E-state index >= 15 is 0 Å². The molecule has 0 fully saturated rings. The van der Waals surface area contributed by atoms with Crippen molar-refractivity contribution < 1.29 is 24.6 Å². The van der Waals surface area contributed by atoms with Gasteiger partial charge in [-0.05, 0) is 18.2 Å². The van der Waals surface area contributed by atoms with Crippen molar-refractivity contribution in [3.8, 4) is 23.0 Å². The lowest BCUT2D eigenvalue weighted by atomic mass is 10.3. The molecule has 0 aliphatic heterocycles. The lowest BCUT2D eigenvalue weighted by molar-refractivity contribution is -0.385. The fourth-order valence-electron chi connectivity index (χ4n) is 1.47. The summed E-state index contributed by atoms with van der Waals surface area (Å²) >= 11 is 0. The number of phenols is 2. The SMILES string of the molecule is COc1cc(N)ccc1O.COc1cc([N+](=O)[O-])ccc1O. The minimum absolute atomic E-state index is 0.101. The quantitative estimate of drug-likeness (QED) is 0.343. The highest BCUT2D eigenvalue weighted by Crippen LogP contribution is 2.29. The number of hydrogen-bond acceptors (Lipinski definition) is 7. The number of aromatic hydroxyl groups is 2. The van der Waals surface area contributed by atoms with Crippen molar-refractivity contribution in [3.05, 3.63) is 46.5 Å². The molecule has 0 bridgehead atoms. The molecule has 4 N–H and O–H groups in total. The molecule has 0 aliphatic carbocycles. The van der Waals surface area contributed by atoms with E-state index in [0.717, 1.165) is 6.07 Å². The molecule has 0 saturated heterocycles. The van der Waals surface area contributed by atoms with Gasteiger partial charge in [-0.1, -0.05) is 0 Å². The van der Waals surface area contributed by atoms with Crippen LogP contribution in [0.5, 0.6) is 23.0 Å². The number of ether oxygens (including phenoxy) is 2. The minimum Gasteiger partial charge on any atom is -0.504 e. The van der Waals surface area contributed by atoms with Crippen molar-refractivity contribution in [2.75, 3.05) is 20.0 Å². The first kappa shape index (κ1) is 16.9. The molecule has 118 valence electrons. The van der Waals surface area contributed by atoms with Crippen LogP contribution in [0.1, 0.15) is 0 Å². The van der Waals surface area contributed by atoms with Crippen LogP contribution in [0.3, 0.4) is 0 Å². The largest absolute Gasteiger partial charge is 0.504 e. The highest BCUT2D eigenvalue weighted by atomic mass is 16.6. The van der Waals surface area contributed by atoms with Gasteiger partial charge < -0.3 is 25.4 Å². The van der Waals surface area contributed by atoms with Crippen molar-refractivity contribution in [2.45, 2.75) is 0 Å². The number of nitrogen functional groups attached to an aromatic ring is 1. The van der Waals surface area contributed by atoms with Gasteiger partial charge in [-0.2, -0.15) is 0 Å². The van der Waals surface area contributed by atoms with Gasteiger partial charge in [0.2, 0.25) is 0 Å². The predicted molar refractivity (Wildman–Crippen MR) is 80.4 cm³/mol. The molecule has 0 atom stereocenters. The Kier molecular flexibility index (Phi) is 5.82. The van der Waals surface area contributed by atoms with Crippen LogP contribution >= 0.6 is 0 Å². The van der Waals surface area contributed by atoms with Crippen LogP contribution < -0.4 is 15.2 Å². The number of rotatable bonds is 3. The summed E-state index contributed by atoms with van der Waals surface area (Å²) in [5, 5.41) is 28.4. The van der Waals surface area contributed by atoms with Gasteiger partial charge in [-0.3, -0.25) is 10.1 Å². The molecule has 2 rings (SSSR count). The Labute approximate surface area is 126 Å². The van der Waals surface area contributed by atoms with Crippen LogP contribution in [0, 0.1) is 10.1 Å². The number of benzene rings is 2. The molecule has 22 heavy (non-hydrogen) atoms. The maximum absolute atomic E-state index is 10.2. The number of hydrogen-bond donors (Lipinski definition) is 3. The second-order valence-electron chi connectivity index (χ2n) is 4.04. The van der Waals surface area contributed by atoms with Crippen molar-refractivity contribution in [1.29, 1.82) is 0 Å². The van der Waals surface area contributed by atoms with E-state index in [2.05, 4.69) is 4.74 Å². The van der Waals surface area contributed by atoms with E-state index in [9.17, 15) is 10.1 Å². The molecule has 0 unspecified atom stereocenters. The third-order valence-electron chi connectivity index (χ3n) is 2.58. The van der Waals surface area contributed by atoms with E-state index in [4.69, 9.17) is 20.7 Å². The average molecular weight is 308 g/mol. The fraction of sp³-hybridized carbons (Fsp3) is 0.143. The molecule has 8 nitrogen and oxygen atoms in total. The van der Waals surface area contributed by atoms with E-state index in [-0.39, 0.29) is 22.9 Å². The summed E-state index contributed by atoms with van der Waals surface area (Å²) < 4.78 is 9.48. The van der Waals surface area contributed by atoms with Crippen LogP contribution in [0.2, 0.25) is 0 Å². The molecule has 0 saturated carbocycles. The standard InChI is InChI=1S/C7H7NO4.C7H9NO2/c1-12-7-4-5(8(10)11)2-3-6(7)9;1-10-7-4-5(8)2-3-6(7)9/h2-4,9H,1H3;2-4,9H,8H2,1H3. The summed E-state index contributed by atoms with van der Waals surface area (Å²) in [4.78, 5) is 9.70. The van der Waals surface area contributed by atoms with Crippen LogP contribution in [0.4, 0.5) is 11.4 Å². The molecule has 8 heteroatoms. The monoisotopic (exact) mass is 308 g/mol. The molecule has 0 aromatic heterocycles. The zero-order valence-electron chi connectivity index (χ0n) is 12.0. The molecule has 2 aromatic carbocycles. The highest BCUT2D eigenvalue weighted by molar-refractivity contribution is 5.51. The summed E-state index contributed by atoms with van der Waals surface area (Å²) in [6.07, 6.45) is 0. The Morgan fingerprint density at radius 2 is 1.50 bits per heavy atom. The minimum atomic E-state index is -0.554. The number of nitrogens with two attached hydrogens (primary N) is 1. The third kappa shape index (κ3) is 4.44. The Hall–Kier alpha value is -3.16. The third-order valence-corrected chi connectivity index (χ3v) is 2.58. The van der Waals surface area contributed by atoms with Crippen molar-refractivity contribution in [1.82, 2.24) is 0 Å². The number of non-ortho nitro benzene ring substituents is 1. The van der Waals surface area contributed by atoms with E-state index in [0.29, 0.717) is 11.4 Å². The first-order valence-corrected chi connectivity index (χ1v) is 6.03. The Morgan fingerprint density at radius 3 is 1.95 bits per heavy atom. The summed E-state index contributed by atoms with van der Waals surface area (Å²) in [5.41, 5.74) is 5.88. The molecule has 0 aliphatic rings. The number of nitro benzene ring substituents is 1. The summed E-state index contributed by atoms with van der Waals surface area (Å²) in [7, 11) is 2.81. The van der Waals surface area contributed by atoms with E-state index < -0.39 is 4.92 Å². The van der Waals surface area contributed by atoms with Gasteiger partial charge in [0.1, 0.15) is 0 Å². The first-order chi connectivity index (χ1) is 10.4. The summed E-state index contributed by atoms with van der Waals surface area (Å²) in [6.45, 7) is 0. The van der Waals surface area contributed by atoms with Crippen LogP contribution in [0.15, 0.2) is 36.4 Å². The predicted octanol–water partition coefficient (Wildman–Crippen LogP) is 2.29. The number of nitrogens with zero attached hydrogens (tertiary/aromatic N) is 1. The van der Waals surface area contributed by atoms with Crippen molar-refractivity contribution in [3.63, 3.8) is 0 Å². The first-order valence-electron chi connectivity index (χ1n) is 6.03. The van der Waals surface area contributed by atoms with Gasteiger partial charge in [0.05, 0.1) is 25.2 Å². The fourth-order valence-corrected chi connectivity index (χ4v) is 1.47. The molecule has 0 amide bonds. The van der Waals surface area contributed by atoms with E-state index in [1.165, 1.54) is 32.4 Å². The molecule has 2 aromatic rings. The maximum Gasteiger partial charge on any atom is 0.273 e. The zero-order valence-corrected chi connectivity index (χ0v) is 12.0. The van der Waals surface area contributed by atoms with Gasteiger partial charge in [-0.25, -0.2) is 0 Å². The van der Waals surface area contributed by atoms with Gasteiger partial charge in [-0.15, -0.1) is 0 Å². The molecular formula is C14H16N2O6. The smallest absolute Gasteiger partial charge is 0.273 e. The molecular weight excluding hydrogens is 292 g/mol. The maximum atomic E-state index is 10.2. The lowest BCUT2D eigenvalue weighted by Gasteiger charge is -2.02. The molecule has 0 radical (unpaired) electrons. The topological polar surface area (TPSA) is 128 Å². The van der Waals surface area contributed by atoms with Crippen LogP contribution in [0.25, 0.3) is 0 Å². The average Bonchev–Trinajstić information content (AvgIpc) is 2.50. The molecule has 0 heterocycles. The second kappa shape index (κ2) is 7.58. The number of methoxy groups -OCH3 is 2. The highest BCUT2D eigenvalue weighted by Gasteiger charge is 2.09. The lowest BCUT2D eigenvalue weighted by Crippen LogP contribution is -1.89. The van der Waals surface area contributed by atoms with Gasteiger partial charge >= 0.3 is 0 Å². The van der Waals surface area contributed by atoms with Gasteiger partial charge in [0.15, 0.2) is 23.0 Å². The van der Waals surface area contributed by atoms with Crippen LogP contribution in [-0.4, -0.2) is 29.4 Å². The number of anilines is 1. The Morgan fingerprint density at radius 1 is 1.00 bits per heavy atom. The number of phenolic OH excluding ortho intramolecular Hbond substituents is 2. The van der Waals surface area contributed by atoms with E-state index in [1.54, 1.807) is 12.1 Å². The van der Waals surface area contributed by atoms with Crippen molar-refractivity contribution >= 4 is 11.4 Å². The summed E-state index contributed by atoms with van der Waals surface area (Å²) in [6, 6.07) is 8.26. The normalized spacial score (nSPS) is 9.36. The molecule has 0 spiro atoms. The Bertz CT molecular complexity index is 660. The van der Waals surface area contributed by atoms with Crippen LogP contribution in [-0.2, 0) is 0 Å². The van der Waals surface area contributed by atoms with Crippen molar-refractivity contribution in [2.24, 2.45) is 0 Å². The summed E-state index contributed by atoms with van der Waals surface area (Å²) in [5.74, 6) is 0.504. The number of nitro groups is 1. The van der Waals surface area contributed by atoms with Gasteiger partial charge in [0, 0.05) is 17.8 Å².